The number of aromatic amines is 2. The summed E-state index contributed by atoms with van der Waals surface area (Å²) in [7, 11) is 2.84. The Morgan fingerprint density at radius 1 is 0.823 bits per heavy atom. The molecule has 0 unspecified atom stereocenters. The van der Waals surface area contributed by atoms with Crippen molar-refractivity contribution in [2.75, 3.05) is 27.3 Å². The van der Waals surface area contributed by atoms with E-state index in [2.05, 4.69) is 69.1 Å². The highest BCUT2D eigenvalue weighted by molar-refractivity contribution is 7.25. The summed E-state index contributed by atoms with van der Waals surface area (Å²) in [4.78, 5) is 72.4. The number of methoxy groups -OCH3 is 2. The van der Waals surface area contributed by atoms with Gasteiger partial charge in [-0.25, -0.2) is 14.8 Å². The van der Waals surface area contributed by atoms with Gasteiger partial charge in [-0.1, -0.05) is 48.6 Å². The molecule has 3 aliphatic rings. The number of hydrogen-bond acceptors (Lipinski definition) is 9. The van der Waals surface area contributed by atoms with Crippen LogP contribution in [0.1, 0.15) is 76.1 Å². The number of amides is 4. The number of benzene rings is 3. The van der Waals surface area contributed by atoms with Crippen molar-refractivity contribution in [3.05, 3.63) is 96.2 Å². The molecule has 1 aliphatic carbocycles. The first-order valence-electron chi connectivity index (χ1n) is 21.2. The van der Waals surface area contributed by atoms with Crippen molar-refractivity contribution in [2.45, 2.75) is 82.6 Å². The molecule has 15 heteroatoms. The van der Waals surface area contributed by atoms with Crippen LogP contribution in [-0.2, 0) is 23.9 Å². The average molecular weight is 855 g/mol. The van der Waals surface area contributed by atoms with Gasteiger partial charge in [0.1, 0.15) is 23.7 Å². The maximum atomic E-state index is 14.0. The lowest BCUT2D eigenvalue weighted by atomic mass is 9.98. The number of nitrogens with one attached hydrogen (secondary N) is 4. The molecule has 2 aliphatic heterocycles. The van der Waals surface area contributed by atoms with E-state index in [0.29, 0.717) is 13.1 Å². The predicted octanol–water partition coefficient (Wildman–Crippen LogP) is 7.86. The first kappa shape index (κ1) is 41.1. The van der Waals surface area contributed by atoms with Crippen LogP contribution in [0.25, 0.3) is 53.6 Å². The first-order chi connectivity index (χ1) is 30.1. The van der Waals surface area contributed by atoms with Crippen molar-refractivity contribution >= 4 is 66.4 Å². The Balaban J connectivity index is 0.935. The molecule has 0 bridgehead atoms. The molecule has 6 aromatic rings. The summed E-state index contributed by atoms with van der Waals surface area (Å²) >= 11 is 1.74. The van der Waals surface area contributed by atoms with Crippen LogP contribution < -0.4 is 10.6 Å². The SMILES string of the molecule is COC(=O)N[C@@H](C(=O)N1CCC[C@H]1c1ncc(-c2ccc3c(c2)sc2cc(-c4ccc5nc([C@@H]6CCCN6C(=O)[C@@H](NC(C)=O)[C@@H](C)OC)[nH]c5c4)ccc23)[nH]1)C1=CCCC=C1. The molecule has 3 aromatic heterocycles. The Hall–Kier alpha value is -6.32. The van der Waals surface area contributed by atoms with E-state index >= 15 is 0 Å². The fourth-order valence-electron chi connectivity index (χ4n) is 9.16. The number of carbonyl (C=O) groups is 4. The van der Waals surface area contributed by atoms with Crippen LogP contribution in [0.4, 0.5) is 4.79 Å². The number of nitrogens with zero attached hydrogens (tertiary/aromatic N) is 4. The number of carbonyl (C=O) groups excluding carboxylic acids is 4. The van der Waals surface area contributed by atoms with Crippen LogP contribution in [-0.4, -0.2) is 99.0 Å². The molecule has 9 rings (SSSR count). The van der Waals surface area contributed by atoms with Crippen molar-refractivity contribution in [2.24, 2.45) is 0 Å². The maximum Gasteiger partial charge on any atom is 0.407 e. The molecular weight excluding hydrogens is 805 g/mol. The first-order valence-corrected chi connectivity index (χ1v) is 22.1. The van der Waals surface area contributed by atoms with Gasteiger partial charge in [0.2, 0.25) is 11.8 Å². The zero-order chi connectivity index (χ0) is 43.1. The van der Waals surface area contributed by atoms with Crippen molar-refractivity contribution in [1.82, 2.24) is 40.4 Å². The van der Waals surface area contributed by atoms with Gasteiger partial charge in [0, 0.05) is 52.9 Å². The van der Waals surface area contributed by atoms with E-state index in [9.17, 15) is 19.2 Å². The van der Waals surface area contributed by atoms with E-state index in [1.54, 1.807) is 18.3 Å². The summed E-state index contributed by atoms with van der Waals surface area (Å²) in [5.41, 5.74) is 6.49. The standard InChI is InChI=1S/C47H50N8O6S/c1-26(60-3)41(49-27(2)56)45(57)55-21-9-13-38(55)44-50-34-19-16-29(22-35(34)51-44)30-14-17-32-33-18-15-31(24-40(33)62-39(32)23-30)36-25-48-43(52-36)37-12-8-20-54(37)46(58)42(53-47(59)61-4)28-10-6-5-7-11-28/h6,10-11,14-19,22-26,37-38,41-42H,5,7-9,12-13,20-21H2,1-4H3,(H,48,52)(H,49,56)(H,50,51)(H,53,59)/t26-,37+,38+,41+,42-/m1/s1. The molecule has 5 heterocycles. The zero-order valence-corrected chi connectivity index (χ0v) is 36.0. The minimum absolute atomic E-state index is 0.174. The lowest BCUT2D eigenvalue weighted by Gasteiger charge is -2.30. The highest BCUT2D eigenvalue weighted by Crippen LogP contribution is 2.40. The lowest BCUT2D eigenvalue weighted by molar-refractivity contribution is -0.140. The molecule has 2 saturated heterocycles. The minimum Gasteiger partial charge on any atom is -0.453 e. The van der Waals surface area contributed by atoms with Crippen LogP contribution >= 0.6 is 11.3 Å². The Labute approximate surface area is 362 Å². The third kappa shape index (κ3) is 7.86. The van der Waals surface area contributed by atoms with E-state index in [-0.39, 0.29) is 29.8 Å². The average Bonchev–Trinajstić information content (AvgIpc) is 4.15. The minimum atomic E-state index is -0.833. The van der Waals surface area contributed by atoms with E-state index in [1.807, 2.05) is 40.3 Å². The van der Waals surface area contributed by atoms with Crippen LogP contribution in [0.5, 0.6) is 0 Å². The molecule has 2 fully saturated rings. The Morgan fingerprint density at radius 3 is 2.19 bits per heavy atom. The van der Waals surface area contributed by atoms with Crippen molar-refractivity contribution < 1.29 is 28.7 Å². The third-order valence-electron chi connectivity index (χ3n) is 12.4. The van der Waals surface area contributed by atoms with Gasteiger partial charge in [0.05, 0.1) is 48.2 Å². The summed E-state index contributed by atoms with van der Waals surface area (Å²) in [6.07, 6.45) is 11.6. The summed E-state index contributed by atoms with van der Waals surface area (Å²) < 4.78 is 12.6. The monoisotopic (exact) mass is 854 g/mol. The molecule has 0 spiro atoms. The fraction of sp³-hybridized carbons (Fsp3) is 0.362. The molecular formula is C47H50N8O6S. The van der Waals surface area contributed by atoms with Crippen LogP contribution in [0.3, 0.4) is 0 Å². The molecule has 62 heavy (non-hydrogen) atoms. The molecule has 5 atom stereocenters. The van der Waals surface area contributed by atoms with Crippen LogP contribution in [0, 0.1) is 0 Å². The highest BCUT2D eigenvalue weighted by Gasteiger charge is 2.39. The van der Waals surface area contributed by atoms with Gasteiger partial charge >= 0.3 is 6.09 Å². The number of hydrogen-bond donors (Lipinski definition) is 4. The summed E-state index contributed by atoms with van der Waals surface area (Å²) in [5, 5.41) is 7.89. The number of thiophene rings is 1. The lowest BCUT2D eigenvalue weighted by Crippen LogP contribution is -2.53. The second-order valence-electron chi connectivity index (χ2n) is 16.3. The second kappa shape index (κ2) is 17.2. The summed E-state index contributed by atoms with van der Waals surface area (Å²) in [6.45, 7) is 4.34. The zero-order valence-electron chi connectivity index (χ0n) is 35.2. The Morgan fingerprint density at radius 2 is 1.50 bits per heavy atom. The van der Waals surface area contributed by atoms with Gasteiger partial charge < -0.3 is 39.9 Å². The summed E-state index contributed by atoms with van der Waals surface area (Å²) in [5.74, 6) is 0.824. The van der Waals surface area contributed by atoms with Gasteiger partial charge in [-0.15, -0.1) is 11.3 Å². The molecule has 320 valence electrons. The molecule has 4 N–H and O–H groups in total. The van der Waals surface area contributed by atoms with E-state index in [4.69, 9.17) is 19.4 Å². The number of H-pyrrole nitrogens is 2. The Bertz CT molecular complexity index is 2770. The van der Waals surface area contributed by atoms with Gasteiger partial charge in [-0.05, 0) is 86.4 Å². The van der Waals surface area contributed by atoms with Crippen molar-refractivity contribution in [1.29, 1.82) is 0 Å². The largest absolute Gasteiger partial charge is 0.453 e. The number of alkyl carbamates (subject to hydrolysis) is 1. The number of likely N-dealkylation sites (tertiary alicyclic amines) is 2. The molecule has 0 radical (unpaired) electrons. The number of rotatable bonds is 11. The quantitative estimate of drug-likeness (QED) is 0.102. The number of aromatic nitrogens is 4. The Kier molecular flexibility index (Phi) is 11.4. The molecule has 4 amide bonds. The van der Waals surface area contributed by atoms with Crippen molar-refractivity contribution in [3.8, 4) is 22.4 Å². The van der Waals surface area contributed by atoms with Gasteiger partial charge in [-0.2, -0.15) is 0 Å². The van der Waals surface area contributed by atoms with Crippen LogP contribution in [0.15, 0.2) is 84.6 Å². The molecule has 14 nitrogen and oxygen atoms in total. The topological polar surface area (TPSA) is 175 Å². The maximum absolute atomic E-state index is 14.0. The highest BCUT2D eigenvalue weighted by atomic mass is 32.1. The van der Waals surface area contributed by atoms with Gasteiger partial charge in [-0.3, -0.25) is 14.4 Å². The summed E-state index contributed by atoms with van der Waals surface area (Å²) in [6, 6.07) is 17.1. The number of allylic oxidation sites excluding steroid dienone is 2. The van der Waals surface area contributed by atoms with E-state index in [0.717, 1.165) is 93.9 Å². The second-order valence-corrected chi connectivity index (χ2v) is 17.4. The van der Waals surface area contributed by atoms with Gasteiger partial charge in [0.25, 0.3) is 5.91 Å². The number of fused-ring (bicyclic) bond motifs is 4. The van der Waals surface area contributed by atoms with Crippen molar-refractivity contribution in [3.63, 3.8) is 0 Å². The molecule has 0 saturated carbocycles. The smallest absolute Gasteiger partial charge is 0.407 e. The van der Waals surface area contributed by atoms with E-state index in [1.165, 1.54) is 36.6 Å². The predicted molar refractivity (Wildman–Crippen MR) is 239 cm³/mol. The molecule has 3 aromatic carbocycles. The normalized spacial score (nSPS) is 19.2. The number of ether oxygens (including phenoxy) is 2. The van der Waals surface area contributed by atoms with Gasteiger partial charge in [0.15, 0.2) is 0 Å². The number of imidazole rings is 2. The van der Waals surface area contributed by atoms with Crippen LogP contribution in [0.2, 0.25) is 0 Å². The van der Waals surface area contributed by atoms with E-state index < -0.39 is 24.3 Å². The third-order valence-corrected chi connectivity index (χ3v) is 13.5. The fourth-order valence-corrected chi connectivity index (χ4v) is 10.3.